The van der Waals surface area contributed by atoms with Gasteiger partial charge in [0.15, 0.2) is 17.3 Å². The van der Waals surface area contributed by atoms with Gasteiger partial charge in [0.05, 0.1) is 11.2 Å². The van der Waals surface area contributed by atoms with E-state index in [0.717, 1.165) is 27.7 Å². The lowest BCUT2D eigenvalue weighted by atomic mass is 10.1. The first-order chi connectivity index (χ1) is 19.5. The number of carbonyl (C=O) groups is 1. The van der Waals surface area contributed by atoms with E-state index in [0.29, 0.717) is 34.3 Å². The molecule has 0 fully saturated rings. The van der Waals surface area contributed by atoms with Gasteiger partial charge in [-0.25, -0.2) is 0 Å². The largest absolute Gasteiger partial charge is 0.485 e. The van der Waals surface area contributed by atoms with Crippen molar-refractivity contribution in [3.05, 3.63) is 120 Å². The number of ether oxygens (including phenoxy) is 2. The average Bonchev–Trinajstić information content (AvgIpc) is 3.38. The second-order valence-corrected chi connectivity index (χ2v) is 9.46. The smallest absolute Gasteiger partial charge is 0.192 e. The molecule has 40 heavy (non-hydrogen) atoms. The maximum absolute atomic E-state index is 12.2. The number of pyridine rings is 1. The summed E-state index contributed by atoms with van der Waals surface area (Å²) < 4.78 is 13.9. The molecule has 0 aliphatic heterocycles. The van der Waals surface area contributed by atoms with E-state index in [4.69, 9.17) is 14.6 Å². The van der Waals surface area contributed by atoms with Crippen molar-refractivity contribution < 1.29 is 14.3 Å². The molecule has 3 aromatic carbocycles. The molecule has 0 aliphatic carbocycles. The number of carbonyl (C=O) groups excluding carboxylic acids is 1. The molecule has 6 aromatic rings. The average molecular weight is 528 g/mol. The first-order valence-electron chi connectivity index (χ1n) is 12.8. The van der Waals surface area contributed by atoms with Gasteiger partial charge in [-0.15, -0.1) is 10.2 Å². The van der Waals surface area contributed by atoms with E-state index in [-0.39, 0.29) is 12.4 Å². The Morgan fingerprint density at radius 3 is 2.48 bits per heavy atom. The van der Waals surface area contributed by atoms with Crippen molar-refractivity contribution in [2.45, 2.75) is 20.5 Å². The summed E-state index contributed by atoms with van der Waals surface area (Å²) in [7, 11) is 0. The first kappa shape index (κ1) is 24.9. The third-order valence-electron chi connectivity index (χ3n) is 6.22. The Morgan fingerprint density at radius 2 is 1.68 bits per heavy atom. The number of nitrogens with zero attached hydrogens (tertiary/aromatic N) is 5. The second-order valence-electron chi connectivity index (χ2n) is 9.46. The van der Waals surface area contributed by atoms with Gasteiger partial charge in [0, 0.05) is 28.8 Å². The summed E-state index contributed by atoms with van der Waals surface area (Å²) in [5.41, 5.74) is 4.78. The highest BCUT2D eigenvalue weighted by atomic mass is 16.5. The molecule has 0 saturated heterocycles. The number of hydrogen-bond donors (Lipinski definition) is 0. The quantitative estimate of drug-likeness (QED) is 0.158. The van der Waals surface area contributed by atoms with E-state index < -0.39 is 0 Å². The van der Waals surface area contributed by atoms with Crippen molar-refractivity contribution in [3.8, 4) is 28.5 Å². The Morgan fingerprint density at radius 1 is 0.875 bits per heavy atom. The van der Waals surface area contributed by atoms with Gasteiger partial charge in [0.25, 0.3) is 0 Å². The molecule has 196 valence electrons. The fourth-order valence-corrected chi connectivity index (χ4v) is 4.29. The number of hydrogen-bond acceptors (Lipinski definition) is 7. The van der Waals surface area contributed by atoms with Gasteiger partial charge in [0.1, 0.15) is 23.9 Å². The number of aromatic nitrogens is 5. The lowest BCUT2D eigenvalue weighted by molar-refractivity contribution is 0.104. The Hall–Kier alpha value is -5.37. The normalized spacial score (nSPS) is 10.9. The lowest BCUT2D eigenvalue weighted by Gasteiger charge is -2.10. The van der Waals surface area contributed by atoms with Crippen molar-refractivity contribution in [3.63, 3.8) is 0 Å². The van der Waals surface area contributed by atoms with Gasteiger partial charge in [-0.05, 0) is 74.5 Å². The molecule has 0 amide bonds. The molecule has 3 heterocycles. The number of benzene rings is 3. The minimum Gasteiger partial charge on any atom is -0.485 e. The highest BCUT2D eigenvalue weighted by Crippen LogP contribution is 2.30. The summed E-state index contributed by atoms with van der Waals surface area (Å²) in [6.45, 7) is 3.98. The number of rotatable bonds is 8. The van der Waals surface area contributed by atoms with Crippen molar-refractivity contribution in [2.24, 2.45) is 0 Å². The van der Waals surface area contributed by atoms with Crippen molar-refractivity contribution >= 4 is 22.3 Å². The standard InChI is InChI=1S/C32H25N5O3/c1-21(2)18-29(38)23-8-10-24(11-9-23)40-25-12-13-26-28(19-25)33-17-16-30(26)39-20-32-35-34-31-15-14-27(36-37(31)32)22-6-4-3-5-7-22/h3-19H,20H2,1-2H3. The molecule has 0 saturated carbocycles. The summed E-state index contributed by atoms with van der Waals surface area (Å²) in [5.74, 6) is 2.47. The molecule has 8 heteroatoms. The Labute approximate surface area is 230 Å². The third-order valence-corrected chi connectivity index (χ3v) is 6.22. The zero-order chi connectivity index (χ0) is 27.5. The molecule has 0 unspecified atom stereocenters. The fraction of sp³-hybridized carbons (Fsp3) is 0.0938. The monoisotopic (exact) mass is 527 g/mol. The van der Waals surface area contributed by atoms with E-state index in [1.54, 1.807) is 41.1 Å². The van der Waals surface area contributed by atoms with Crippen LogP contribution in [0.4, 0.5) is 0 Å². The lowest BCUT2D eigenvalue weighted by Crippen LogP contribution is -2.05. The molecular weight excluding hydrogens is 502 g/mol. The number of ketones is 1. The molecule has 0 aliphatic rings. The molecule has 0 atom stereocenters. The third kappa shape index (κ3) is 5.28. The van der Waals surface area contributed by atoms with Crippen LogP contribution in [0.15, 0.2) is 109 Å². The van der Waals surface area contributed by atoms with E-state index in [2.05, 4.69) is 15.2 Å². The van der Waals surface area contributed by atoms with E-state index in [1.165, 1.54) is 0 Å². The predicted molar refractivity (Wildman–Crippen MR) is 153 cm³/mol. The number of allylic oxidation sites excluding steroid dienone is 2. The van der Waals surface area contributed by atoms with Gasteiger partial charge in [-0.3, -0.25) is 9.78 Å². The molecule has 0 N–H and O–H groups in total. The van der Waals surface area contributed by atoms with Crippen LogP contribution in [0.3, 0.4) is 0 Å². The number of fused-ring (bicyclic) bond motifs is 2. The van der Waals surface area contributed by atoms with Gasteiger partial charge in [-0.2, -0.15) is 9.61 Å². The van der Waals surface area contributed by atoms with Crippen LogP contribution in [0, 0.1) is 0 Å². The maximum Gasteiger partial charge on any atom is 0.192 e. The van der Waals surface area contributed by atoms with Crippen molar-refractivity contribution in [1.29, 1.82) is 0 Å². The minimum atomic E-state index is -0.0273. The Bertz CT molecular complexity index is 1860. The van der Waals surface area contributed by atoms with Crippen molar-refractivity contribution in [2.75, 3.05) is 0 Å². The van der Waals surface area contributed by atoms with Crippen LogP contribution >= 0.6 is 0 Å². The summed E-state index contributed by atoms with van der Waals surface area (Å²) in [5, 5.41) is 14.1. The van der Waals surface area contributed by atoms with Gasteiger partial charge in [-0.1, -0.05) is 35.9 Å². The summed E-state index contributed by atoms with van der Waals surface area (Å²) in [6, 6.07) is 28.3. The van der Waals surface area contributed by atoms with Gasteiger partial charge in [0.2, 0.25) is 0 Å². The van der Waals surface area contributed by atoms with Crippen LogP contribution in [-0.2, 0) is 6.61 Å². The van der Waals surface area contributed by atoms with Crippen LogP contribution < -0.4 is 9.47 Å². The zero-order valence-corrected chi connectivity index (χ0v) is 22.0. The molecule has 0 bridgehead atoms. The predicted octanol–water partition coefficient (Wildman–Crippen LogP) is 6.86. The molecule has 6 rings (SSSR count). The van der Waals surface area contributed by atoms with E-state index in [1.807, 2.05) is 80.6 Å². The van der Waals surface area contributed by atoms with E-state index >= 15 is 0 Å². The van der Waals surface area contributed by atoms with Crippen LogP contribution in [0.25, 0.3) is 27.8 Å². The van der Waals surface area contributed by atoms with Crippen LogP contribution in [0.5, 0.6) is 17.2 Å². The van der Waals surface area contributed by atoms with Crippen LogP contribution in [0.1, 0.15) is 30.0 Å². The SMILES string of the molecule is CC(C)=CC(=O)c1ccc(Oc2ccc3c(OCc4nnc5ccc(-c6ccccc6)nn45)ccnc3c2)cc1. The zero-order valence-electron chi connectivity index (χ0n) is 22.0. The second kappa shape index (κ2) is 10.8. The Kier molecular flexibility index (Phi) is 6.72. The summed E-state index contributed by atoms with van der Waals surface area (Å²) in [6.07, 6.45) is 3.31. The molecular formula is C32H25N5O3. The molecule has 0 radical (unpaired) electrons. The topological polar surface area (TPSA) is 91.5 Å². The highest BCUT2D eigenvalue weighted by molar-refractivity contribution is 6.04. The maximum atomic E-state index is 12.2. The summed E-state index contributed by atoms with van der Waals surface area (Å²) >= 11 is 0. The molecule has 3 aromatic heterocycles. The van der Waals surface area contributed by atoms with Crippen LogP contribution in [-0.4, -0.2) is 30.6 Å². The first-order valence-corrected chi connectivity index (χ1v) is 12.8. The molecule has 8 nitrogen and oxygen atoms in total. The van der Waals surface area contributed by atoms with Gasteiger partial charge < -0.3 is 9.47 Å². The van der Waals surface area contributed by atoms with Crippen LogP contribution in [0.2, 0.25) is 0 Å². The fourth-order valence-electron chi connectivity index (χ4n) is 4.29. The summed E-state index contributed by atoms with van der Waals surface area (Å²) in [4.78, 5) is 16.7. The minimum absolute atomic E-state index is 0.0273. The van der Waals surface area contributed by atoms with Gasteiger partial charge >= 0.3 is 0 Å². The van der Waals surface area contributed by atoms with E-state index in [9.17, 15) is 4.79 Å². The molecule has 0 spiro atoms. The highest BCUT2D eigenvalue weighted by Gasteiger charge is 2.12. The van der Waals surface area contributed by atoms with Crippen molar-refractivity contribution in [1.82, 2.24) is 24.8 Å². The Balaban J connectivity index is 1.19.